The second-order valence-corrected chi connectivity index (χ2v) is 7.53. The molecule has 2 heterocycles. The van der Waals surface area contributed by atoms with Crippen molar-refractivity contribution in [3.05, 3.63) is 18.3 Å². The van der Waals surface area contributed by atoms with Crippen LogP contribution in [0.3, 0.4) is 0 Å². The number of aromatic nitrogens is 1. The van der Waals surface area contributed by atoms with Crippen LogP contribution in [0.5, 0.6) is 0 Å². The second-order valence-electron chi connectivity index (χ2n) is 6.24. The molecule has 0 bridgehead atoms. The Labute approximate surface area is 133 Å². The highest BCUT2D eigenvalue weighted by Crippen LogP contribution is 2.22. The first-order chi connectivity index (χ1) is 10.3. The van der Waals surface area contributed by atoms with Crippen molar-refractivity contribution in [2.75, 3.05) is 37.3 Å². The minimum Gasteiger partial charge on any atom is -0.444 e. The number of carbonyl (C=O) groups is 1. The van der Waals surface area contributed by atoms with Gasteiger partial charge in [-0.3, -0.25) is 4.21 Å². The highest BCUT2D eigenvalue weighted by molar-refractivity contribution is 7.84. The third-order valence-electron chi connectivity index (χ3n) is 3.30. The maximum Gasteiger partial charge on any atom is 0.410 e. The molecule has 1 atom stereocenters. The summed E-state index contributed by atoms with van der Waals surface area (Å²) in [6.07, 6.45) is 3.00. The van der Waals surface area contributed by atoms with Crippen molar-refractivity contribution in [2.24, 2.45) is 0 Å². The largest absolute Gasteiger partial charge is 0.444 e. The molecule has 0 saturated carbocycles. The molecule has 2 rings (SSSR count). The molecule has 22 heavy (non-hydrogen) atoms. The van der Waals surface area contributed by atoms with Crippen LogP contribution in [0.15, 0.2) is 23.4 Å². The van der Waals surface area contributed by atoms with Gasteiger partial charge in [0.15, 0.2) is 0 Å². The Balaban J connectivity index is 2.01. The van der Waals surface area contributed by atoms with E-state index in [-0.39, 0.29) is 6.09 Å². The molecule has 6 nitrogen and oxygen atoms in total. The number of anilines is 1. The lowest BCUT2D eigenvalue weighted by molar-refractivity contribution is 0.0240. The summed E-state index contributed by atoms with van der Waals surface area (Å²) in [6.45, 7) is 8.10. The molecule has 0 spiro atoms. The molecule has 1 aliphatic heterocycles. The Morgan fingerprint density at radius 2 is 1.91 bits per heavy atom. The Bertz CT molecular complexity index is 563. The van der Waals surface area contributed by atoms with E-state index in [2.05, 4.69) is 9.88 Å². The standard InChI is InChI=1S/C15H23N3O3S/c1-15(2,3)21-14(19)18-10-8-17(9-11-18)12-6-5-7-16-13(12)22(4)20/h5-7H,8-11H2,1-4H3. The molecule has 1 aromatic heterocycles. The lowest BCUT2D eigenvalue weighted by Gasteiger charge is -2.37. The van der Waals surface area contributed by atoms with E-state index in [1.165, 1.54) is 0 Å². The van der Waals surface area contributed by atoms with Crippen molar-refractivity contribution in [3.8, 4) is 0 Å². The van der Waals surface area contributed by atoms with Crippen LogP contribution in [0.25, 0.3) is 0 Å². The van der Waals surface area contributed by atoms with Crippen molar-refractivity contribution in [2.45, 2.75) is 31.4 Å². The van der Waals surface area contributed by atoms with Crippen molar-refractivity contribution >= 4 is 22.6 Å². The average Bonchev–Trinajstić information content (AvgIpc) is 2.45. The van der Waals surface area contributed by atoms with Gasteiger partial charge in [-0.15, -0.1) is 0 Å². The summed E-state index contributed by atoms with van der Waals surface area (Å²) in [5, 5.41) is 0.591. The minimum atomic E-state index is -1.13. The summed E-state index contributed by atoms with van der Waals surface area (Å²) in [4.78, 5) is 20.1. The average molecular weight is 325 g/mol. The molecule has 122 valence electrons. The molecule has 0 aromatic carbocycles. The first-order valence-electron chi connectivity index (χ1n) is 7.29. The van der Waals surface area contributed by atoms with Crippen LogP contribution in [-0.2, 0) is 15.5 Å². The first kappa shape index (κ1) is 16.7. The molecule has 7 heteroatoms. The first-order valence-corrected chi connectivity index (χ1v) is 8.85. The van der Waals surface area contributed by atoms with Gasteiger partial charge in [0.2, 0.25) is 0 Å². The summed E-state index contributed by atoms with van der Waals surface area (Å²) in [7, 11) is -1.13. The van der Waals surface area contributed by atoms with E-state index in [1.54, 1.807) is 17.4 Å². The monoisotopic (exact) mass is 325 g/mol. The molecular formula is C15H23N3O3S. The number of rotatable bonds is 2. The van der Waals surface area contributed by atoms with Gasteiger partial charge in [-0.1, -0.05) is 0 Å². The highest BCUT2D eigenvalue weighted by atomic mass is 32.2. The molecule has 1 amide bonds. The van der Waals surface area contributed by atoms with Gasteiger partial charge in [0.25, 0.3) is 0 Å². The van der Waals surface area contributed by atoms with Crippen LogP contribution in [0.1, 0.15) is 20.8 Å². The van der Waals surface area contributed by atoms with Gasteiger partial charge in [0, 0.05) is 38.6 Å². The molecule has 1 saturated heterocycles. The maximum atomic E-state index is 12.1. The fraction of sp³-hybridized carbons (Fsp3) is 0.600. The Kier molecular flexibility index (Phi) is 5.05. The lowest BCUT2D eigenvalue weighted by atomic mass is 10.2. The molecule has 1 unspecified atom stereocenters. The zero-order valence-corrected chi connectivity index (χ0v) is 14.4. The smallest absolute Gasteiger partial charge is 0.410 e. The van der Waals surface area contributed by atoms with Crippen LogP contribution < -0.4 is 4.90 Å². The predicted octanol–water partition coefficient (Wildman–Crippen LogP) is 1.88. The van der Waals surface area contributed by atoms with Crippen LogP contribution in [0.2, 0.25) is 0 Å². The van der Waals surface area contributed by atoms with E-state index in [9.17, 15) is 9.00 Å². The predicted molar refractivity (Wildman–Crippen MR) is 86.6 cm³/mol. The van der Waals surface area contributed by atoms with E-state index in [1.807, 2.05) is 32.9 Å². The van der Waals surface area contributed by atoms with Gasteiger partial charge >= 0.3 is 6.09 Å². The van der Waals surface area contributed by atoms with E-state index in [0.29, 0.717) is 31.2 Å². The molecule has 1 fully saturated rings. The Morgan fingerprint density at radius 1 is 1.27 bits per heavy atom. The van der Waals surface area contributed by atoms with Crippen molar-refractivity contribution in [1.82, 2.24) is 9.88 Å². The summed E-state index contributed by atoms with van der Waals surface area (Å²) >= 11 is 0. The Morgan fingerprint density at radius 3 is 2.45 bits per heavy atom. The van der Waals surface area contributed by atoms with Crippen LogP contribution in [0, 0.1) is 0 Å². The lowest BCUT2D eigenvalue weighted by Crippen LogP contribution is -2.50. The van der Waals surface area contributed by atoms with Gasteiger partial charge < -0.3 is 14.5 Å². The summed E-state index contributed by atoms with van der Waals surface area (Å²) < 4.78 is 17.2. The number of amides is 1. The van der Waals surface area contributed by atoms with Gasteiger partial charge in [-0.2, -0.15) is 0 Å². The van der Waals surface area contributed by atoms with E-state index >= 15 is 0 Å². The molecular weight excluding hydrogens is 302 g/mol. The molecule has 1 aromatic rings. The molecule has 0 N–H and O–H groups in total. The van der Waals surface area contributed by atoms with Crippen molar-refractivity contribution in [3.63, 3.8) is 0 Å². The minimum absolute atomic E-state index is 0.280. The quantitative estimate of drug-likeness (QED) is 0.831. The number of carbonyl (C=O) groups excluding carboxylic acids is 1. The number of hydrogen-bond donors (Lipinski definition) is 0. The number of ether oxygens (including phenoxy) is 1. The zero-order chi connectivity index (χ0) is 16.3. The van der Waals surface area contributed by atoms with E-state index in [4.69, 9.17) is 4.74 Å². The second kappa shape index (κ2) is 6.64. The zero-order valence-electron chi connectivity index (χ0n) is 13.5. The number of piperazine rings is 1. The third kappa shape index (κ3) is 4.19. The molecule has 0 aliphatic carbocycles. The van der Waals surface area contributed by atoms with Crippen LogP contribution in [0.4, 0.5) is 10.5 Å². The fourth-order valence-electron chi connectivity index (χ4n) is 2.30. The van der Waals surface area contributed by atoms with Crippen molar-refractivity contribution in [1.29, 1.82) is 0 Å². The highest BCUT2D eigenvalue weighted by Gasteiger charge is 2.27. The summed E-state index contributed by atoms with van der Waals surface area (Å²) in [6, 6.07) is 3.76. The summed E-state index contributed by atoms with van der Waals surface area (Å²) in [5.74, 6) is 0. The maximum absolute atomic E-state index is 12.1. The van der Waals surface area contributed by atoms with E-state index in [0.717, 1.165) is 5.69 Å². The van der Waals surface area contributed by atoms with Crippen LogP contribution in [-0.4, -0.2) is 58.2 Å². The fourth-order valence-corrected chi connectivity index (χ4v) is 3.00. The molecule has 1 aliphatic rings. The normalized spacial score (nSPS) is 17.3. The van der Waals surface area contributed by atoms with Gasteiger partial charge in [0.1, 0.15) is 10.6 Å². The topological polar surface area (TPSA) is 62.7 Å². The number of hydrogen-bond acceptors (Lipinski definition) is 5. The molecule has 0 radical (unpaired) electrons. The van der Waals surface area contributed by atoms with Gasteiger partial charge in [-0.05, 0) is 32.9 Å². The Hall–Kier alpha value is -1.63. The van der Waals surface area contributed by atoms with Crippen molar-refractivity contribution < 1.29 is 13.7 Å². The summed E-state index contributed by atoms with van der Waals surface area (Å²) in [5.41, 5.74) is 0.399. The van der Waals surface area contributed by atoms with Gasteiger partial charge in [0.05, 0.1) is 16.5 Å². The third-order valence-corrected chi connectivity index (χ3v) is 4.15. The number of pyridine rings is 1. The van der Waals surface area contributed by atoms with E-state index < -0.39 is 16.4 Å². The number of nitrogens with zero attached hydrogens (tertiary/aromatic N) is 3. The van der Waals surface area contributed by atoms with Crippen LogP contribution >= 0.6 is 0 Å². The van der Waals surface area contributed by atoms with Gasteiger partial charge in [-0.25, -0.2) is 9.78 Å². The SMILES string of the molecule is CS(=O)c1ncccc1N1CCN(C(=O)OC(C)(C)C)CC1.